The molecule has 88 valence electrons. The molecule has 1 unspecified atom stereocenters. The third-order valence-electron chi connectivity index (χ3n) is 3.24. The number of nitrogens with zero attached hydrogens (tertiary/aromatic N) is 2. The molecule has 2 rings (SSSR count). The van der Waals surface area contributed by atoms with Gasteiger partial charge in [0.15, 0.2) is 4.96 Å². The maximum atomic E-state index is 6.22. The average molecular weight is 237 g/mol. The summed E-state index contributed by atoms with van der Waals surface area (Å²) in [5, 5.41) is 2.05. The fourth-order valence-electron chi connectivity index (χ4n) is 2.18. The quantitative estimate of drug-likeness (QED) is 0.869. The summed E-state index contributed by atoms with van der Waals surface area (Å²) in [6.45, 7) is 4.42. The molecule has 0 fully saturated rings. The van der Waals surface area contributed by atoms with Crippen LogP contribution in [0.15, 0.2) is 17.8 Å². The Labute approximate surface area is 100 Å². The van der Waals surface area contributed by atoms with Gasteiger partial charge in [-0.3, -0.25) is 4.40 Å². The van der Waals surface area contributed by atoms with Crippen molar-refractivity contribution in [2.75, 3.05) is 0 Å². The van der Waals surface area contributed by atoms with Crippen molar-refractivity contribution < 1.29 is 0 Å². The van der Waals surface area contributed by atoms with Crippen LogP contribution in [0.2, 0.25) is 0 Å². The van der Waals surface area contributed by atoms with Gasteiger partial charge in [0.2, 0.25) is 0 Å². The molecule has 0 spiro atoms. The largest absolute Gasteiger partial charge is 0.327 e. The summed E-state index contributed by atoms with van der Waals surface area (Å²) >= 11 is 1.67. The highest BCUT2D eigenvalue weighted by Gasteiger charge is 2.16. The highest BCUT2D eigenvalue weighted by atomic mass is 32.1. The minimum Gasteiger partial charge on any atom is -0.327 e. The molecule has 16 heavy (non-hydrogen) atoms. The number of rotatable bonds is 5. The van der Waals surface area contributed by atoms with E-state index in [0.29, 0.717) is 5.92 Å². The van der Waals surface area contributed by atoms with Crippen molar-refractivity contribution in [1.29, 1.82) is 0 Å². The molecule has 0 saturated heterocycles. The number of hydrogen-bond donors (Lipinski definition) is 1. The number of imidazole rings is 1. The van der Waals surface area contributed by atoms with Gasteiger partial charge in [-0.2, -0.15) is 0 Å². The monoisotopic (exact) mass is 237 g/mol. The number of fused-ring (bicyclic) bond motifs is 1. The Morgan fingerprint density at radius 3 is 2.81 bits per heavy atom. The Morgan fingerprint density at radius 2 is 2.19 bits per heavy atom. The van der Waals surface area contributed by atoms with Crippen LogP contribution < -0.4 is 5.73 Å². The molecular weight excluding hydrogens is 218 g/mol. The first-order chi connectivity index (χ1) is 7.74. The topological polar surface area (TPSA) is 43.3 Å². The Morgan fingerprint density at radius 1 is 1.44 bits per heavy atom. The lowest BCUT2D eigenvalue weighted by Gasteiger charge is -2.19. The highest BCUT2D eigenvalue weighted by Crippen LogP contribution is 2.17. The van der Waals surface area contributed by atoms with Gasteiger partial charge in [0, 0.05) is 30.2 Å². The number of thiazole rings is 1. The maximum absolute atomic E-state index is 6.22. The Kier molecular flexibility index (Phi) is 3.61. The molecule has 0 aliphatic heterocycles. The molecular formula is C12H19N3S. The number of nitrogens with two attached hydrogens (primary N) is 1. The summed E-state index contributed by atoms with van der Waals surface area (Å²) in [6, 6.07) is 0.236. The van der Waals surface area contributed by atoms with E-state index in [1.165, 1.54) is 0 Å². The predicted molar refractivity (Wildman–Crippen MR) is 68.8 cm³/mol. The lowest BCUT2D eigenvalue weighted by atomic mass is 9.92. The standard InChI is InChI=1S/C12H19N3S/c1-3-9(4-2)11(13)7-10-8-15-5-6-16-12(15)14-10/h5-6,8-9,11H,3-4,7,13H2,1-2H3. The third kappa shape index (κ3) is 2.28. The first-order valence-electron chi connectivity index (χ1n) is 5.91. The van der Waals surface area contributed by atoms with Crippen molar-refractivity contribution in [2.24, 2.45) is 11.7 Å². The second-order valence-corrected chi connectivity index (χ2v) is 5.14. The van der Waals surface area contributed by atoms with Crippen LogP contribution in [0.5, 0.6) is 0 Å². The molecule has 0 aliphatic rings. The van der Waals surface area contributed by atoms with Crippen molar-refractivity contribution in [3.05, 3.63) is 23.5 Å². The van der Waals surface area contributed by atoms with Crippen molar-refractivity contribution in [3.8, 4) is 0 Å². The van der Waals surface area contributed by atoms with E-state index in [1.54, 1.807) is 11.3 Å². The van der Waals surface area contributed by atoms with Crippen LogP contribution in [0.3, 0.4) is 0 Å². The normalized spacial score (nSPS) is 13.8. The van der Waals surface area contributed by atoms with E-state index in [1.807, 2.05) is 11.6 Å². The van der Waals surface area contributed by atoms with Crippen LogP contribution in [-0.4, -0.2) is 15.4 Å². The zero-order chi connectivity index (χ0) is 11.5. The molecule has 0 aromatic carbocycles. The molecule has 4 heteroatoms. The summed E-state index contributed by atoms with van der Waals surface area (Å²) < 4.78 is 2.07. The molecule has 0 aliphatic carbocycles. The first kappa shape index (κ1) is 11.6. The first-order valence-corrected chi connectivity index (χ1v) is 6.79. The van der Waals surface area contributed by atoms with Gasteiger partial charge in [-0.1, -0.05) is 26.7 Å². The van der Waals surface area contributed by atoms with E-state index < -0.39 is 0 Å². The van der Waals surface area contributed by atoms with Gasteiger partial charge in [0.1, 0.15) is 0 Å². The Hall–Kier alpha value is -0.870. The molecule has 0 bridgehead atoms. The Balaban J connectivity index is 2.06. The summed E-state index contributed by atoms with van der Waals surface area (Å²) in [7, 11) is 0. The molecule has 2 aromatic rings. The van der Waals surface area contributed by atoms with E-state index >= 15 is 0 Å². The molecule has 2 aromatic heterocycles. The lowest BCUT2D eigenvalue weighted by molar-refractivity contribution is 0.392. The van der Waals surface area contributed by atoms with Gasteiger partial charge in [0.05, 0.1) is 5.69 Å². The summed E-state index contributed by atoms with van der Waals surface area (Å²) in [5.74, 6) is 0.611. The molecule has 1 atom stereocenters. The van der Waals surface area contributed by atoms with Gasteiger partial charge in [0.25, 0.3) is 0 Å². The highest BCUT2D eigenvalue weighted by molar-refractivity contribution is 7.15. The van der Waals surface area contributed by atoms with Gasteiger partial charge in [-0.05, 0) is 5.92 Å². The minimum absolute atomic E-state index is 0.236. The molecule has 2 heterocycles. The summed E-state index contributed by atoms with van der Waals surface area (Å²) in [5.41, 5.74) is 7.33. The van der Waals surface area contributed by atoms with Crippen molar-refractivity contribution >= 4 is 16.3 Å². The van der Waals surface area contributed by atoms with Gasteiger partial charge < -0.3 is 5.73 Å². The zero-order valence-corrected chi connectivity index (χ0v) is 10.7. The van der Waals surface area contributed by atoms with Crippen LogP contribution in [-0.2, 0) is 6.42 Å². The van der Waals surface area contributed by atoms with Gasteiger partial charge in [-0.25, -0.2) is 4.98 Å². The molecule has 3 nitrogen and oxygen atoms in total. The summed E-state index contributed by atoms with van der Waals surface area (Å²) in [6.07, 6.45) is 7.33. The smallest absolute Gasteiger partial charge is 0.193 e. The Bertz CT molecular complexity index is 413. The van der Waals surface area contributed by atoms with Crippen LogP contribution in [0, 0.1) is 5.92 Å². The predicted octanol–water partition coefficient (Wildman–Crippen LogP) is 2.70. The van der Waals surface area contributed by atoms with E-state index in [4.69, 9.17) is 5.73 Å². The van der Waals surface area contributed by atoms with Gasteiger partial charge >= 0.3 is 0 Å². The number of hydrogen-bond acceptors (Lipinski definition) is 3. The van der Waals surface area contributed by atoms with E-state index in [2.05, 4.69) is 29.4 Å². The van der Waals surface area contributed by atoms with Crippen LogP contribution >= 0.6 is 11.3 Å². The second-order valence-electron chi connectivity index (χ2n) is 4.27. The summed E-state index contributed by atoms with van der Waals surface area (Å²) in [4.78, 5) is 5.63. The van der Waals surface area contributed by atoms with E-state index in [9.17, 15) is 0 Å². The average Bonchev–Trinajstić information content (AvgIpc) is 2.79. The lowest BCUT2D eigenvalue weighted by Crippen LogP contribution is -2.31. The SMILES string of the molecule is CCC(CC)C(N)Cc1cn2ccsc2n1. The fraction of sp³-hybridized carbons (Fsp3) is 0.583. The van der Waals surface area contributed by atoms with Crippen molar-refractivity contribution in [3.63, 3.8) is 0 Å². The van der Waals surface area contributed by atoms with Gasteiger partial charge in [-0.15, -0.1) is 11.3 Å². The van der Waals surface area contributed by atoms with Crippen LogP contribution in [0.1, 0.15) is 32.4 Å². The third-order valence-corrected chi connectivity index (χ3v) is 4.01. The van der Waals surface area contributed by atoms with Crippen molar-refractivity contribution in [1.82, 2.24) is 9.38 Å². The molecule has 2 N–H and O–H groups in total. The molecule has 0 radical (unpaired) electrons. The van der Waals surface area contributed by atoms with Crippen LogP contribution in [0.25, 0.3) is 4.96 Å². The zero-order valence-electron chi connectivity index (χ0n) is 9.89. The molecule has 0 amide bonds. The fourth-order valence-corrected chi connectivity index (χ4v) is 2.90. The van der Waals surface area contributed by atoms with E-state index in [0.717, 1.165) is 29.9 Å². The second kappa shape index (κ2) is 4.97. The maximum Gasteiger partial charge on any atom is 0.193 e. The van der Waals surface area contributed by atoms with Crippen molar-refractivity contribution in [2.45, 2.75) is 39.2 Å². The van der Waals surface area contributed by atoms with Crippen LogP contribution in [0.4, 0.5) is 0 Å². The minimum atomic E-state index is 0.236. The molecule has 0 saturated carbocycles. The van der Waals surface area contributed by atoms with E-state index in [-0.39, 0.29) is 6.04 Å². The number of aromatic nitrogens is 2.